The van der Waals surface area contributed by atoms with Crippen molar-refractivity contribution in [3.63, 3.8) is 0 Å². The maximum atomic E-state index is 12.3. The van der Waals surface area contributed by atoms with Crippen molar-refractivity contribution in [2.24, 2.45) is 0 Å². The molecule has 1 atom stereocenters. The molecule has 3 rings (SSSR count). The van der Waals surface area contributed by atoms with Crippen molar-refractivity contribution in [1.29, 1.82) is 0 Å². The average molecular weight is 462 g/mol. The standard InChI is InChI=1S/C20H20F2N6O3S/c1-12(17(29)25-19(30)24-11-13-5-3-2-4-6-13)32-20-27-26-16(28(20)23)14-7-9-15(10-8-14)31-18(21)22/h2-10,12,18H,11,23H2,1H3,(H2,24,25,29,30). The molecule has 12 heteroatoms. The van der Waals surface area contributed by atoms with Crippen molar-refractivity contribution in [1.82, 2.24) is 25.5 Å². The van der Waals surface area contributed by atoms with Crippen LogP contribution in [0.1, 0.15) is 12.5 Å². The first-order valence-corrected chi connectivity index (χ1v) is 10.3. The summed E-state index contributed by atoms with van der Waals surface area (Å²) in [5.74, 6) is 5.76. The second kappa shape index (κ2) is 10.6. The number of halogens is 2. The Labute approximate surface area is 186 Å². The number of carbonyl (C=O) groups excluding carboxylic acids is 2. The van der Waals surface area contributed by atoms with Crippen LogP contribution in [0.25, 0.3) is 11.4 Å². The van der Waals surface area contributed by atoms with Gasteiger partial charge in [-0.2, -0.15) is 8.78 Å². The highest BCUT2D eigenvalue weighted by atomic mass is 32.2. The number of nitrogens with one attached hydrogen (secondary N) is 2. The van der Waals surface area contributed by atoms with Crippen LogP contribution >= 0.6 is 11.8 Å². The predicted octanol–water partition coefficient (Wildman–Crippen LogP) is 2.77. The van der Waals surface area contributed by atoms with Gasteiger partial charge < -0.3 is 15.9 Å². The van der Waals surface area contributed by atoms with E-state index in [1.165, 1.54) is 28.9 Å². The van der Waals surface area contributed by atoms with E-state index < -0.39 is 23.8 Å². The molecular formula is C20H20F2N6O3S. The summed E-state index contributed by atoms with van der Waals surface area (Å²) in [7, 11) is 0. The van der Waals surface area contributed by atoms with E-state index in [0.717, 1.165) is 17.3 Å². The summed E-state index contributed by atoms with van der Waals surface area (Å²) in [6.07, 6.45) is 0. The van der Waals surface area contributed by atoms with Crippen LogP contribution in [-0.4, -0.2) is 38.7 Å². The molecule has 32 heavy (non-hydrogen) atoms. The van der Waals surface area contributed by atoms with Crippen LogP contribution in [0.5, 0.6) is 5.75 Å². The molecule has 3 amide bonds. The first-order chi connectivity index (χ1) is 15.3. The number of amides is 3. The number of ether oxygens (including phenoxy) is 1. The number of imide groups is 1. The van der Waals surface area contributed by atoms with Gasteiger partial charge in [0.1, 0.15) is 5.75 Å². The molecule has 0 radical (unpaired) electrons. The summed E-state index contributed by atoms with van der Waals surface area (Å²) in [5, 5.41) is 12.4. The molecule has 0 bridgehead atoms. The number of carbonyl (C=O) groups is 2. The van der Waals surface area contributed by atoms with Crippen LogP contribution in [0.4, 0.5) is 13.6 Å². The number of rotatable bonds is 8. The van der Waals surface area contributed by atoms with E-state index >= 15 is 0 Å². The Kier molecular flexibility index (Phi) is 7.60. The third-order valence-corrected chi connectivity index (χ3v) is 5.24. The van der Waals surface area contributed by atoms with E-state index in [2.05, 4.69) is 25.6 Å². The highest BCUT2D eigenvalue weighted by Gasteiger charge is 2.21. The fourth-order valence-corrected chi connectivity index (χ4v) is 3.36. The zero-order valence-corrected chi connectivity index (χ0v) is 17.7. The molecule has 9 nitrogen and oxygen atoms in total. The zero-order chi connectivity index (χ0) is 23.1. The predicted molar refractivity (Wildman–Crippen MR) is 114 cm³/mol. The molecule has 4 N–H and O–H groups in total. The normalized spacial score (nSPS) is 11.8. The SMILES string of the molecule is CC(Sc1nnc(-c2ccc(OC(F)F)cc2)n1N)C(=O)NC(=O)NCc1ccccc1. The number of nitrogen functional groups attached to an aromatic ring is 1. The van der Waals surface area contributed by atoms with E-state index in [0.29, 0.717) is 5.56 Å². The Bertz CT molecular complexity index is 1060. The van der Waals surface area contributed by atoms with Gasteiger partial charge in [-0.25, -0.2) is 9.47 Å². The summed E-state index contributed by atoms with van der Waals surface area (Å²) in [4.78, 5) is 24.3. The van der Waals surface area contributed by atoms with Crippen LogP contribution in [-0.2, 0) is 11.3 Å². The van der Waals surface area contributed by atoms with Crippen molar-refractivity contribution in [2.75, 3.05) is 5.84 Å². The average Bonchev–Trinajstić information content (AvgIpc) is 3.13. The first-order valence-electron chi connectivity index (χ1n) is 9.38. The molecule has 1 aromatic heterocycles. The van der Waals surface area contributed by atoms with Crippen LogP contribution in [0.15, 0.2) is 59.8 Å². The second-order valence-corrected chi connectivity index (χ2v) is 7.80. The topological polar surface area (TPSA) is 124 Å². The van der Waals surface area contributed by atoms with Gasteiger partial charge in [-0.1, -0.05) is 42.1 Å². The van der Waals surface area contributed by atoms with E-state index in [-0.39, 0.29) is 23.3 Å². The van der Waals surface area contributed by atoms with Crippen molar-refractivity contribution in [2.45, 2.75) is 30.5 Å². The van der Waals surface area contributed by atoms with Crippen LogP contribution in [0.3, 0.4) is 0 Å². The Morgan fingerprint density at radius 2 is 1.81 bits per heavy atom. The summed E-state index contributed by atoms with van der Waals surface area (Å²) < 4.78 is 30.0. The second-order valence-electron chi connectivity index (χ2n) is 6.50. The summed E-state index contributed by atoms with van der Waals surface area (Å²) in [5.41, 5.74) is 1.42. The van der Waals surface area contributed by atoms with Gasteiger partial charge in [0, 0.05) is 12.1 Å². The summed E-state index contributed by atoms with van der Waals surface area (Å²) in [6, 6.07) is 14.4. The minimum atomic E-state index is -2.92. The van der Waals surface area contributed by atoms with Crippen LogP contribution in [0, 0.1) is 0 Å². The van der Waals surface area contributed by atoms with Gasteiger partial charge in [-0.05, 0) is 36.8 Å². The van der Waals surface area contributed by atoms with Gasteiger partial charge in [0.15, 0.2) is 5.82 Å². The van der Waals surface area contributed by atoms with Crippen molar-refractivity contribution >= 4 is 23.7 Å². The number of alkyl halides is 2. The highest BCUT2D eigenvalue weighted by molar-refractivity contribution is 8.00. The maximum absolute atomic E-state index is 12.3. The Morgan fingerprint density at radius 3 is 2.47 bits per heavy atom. The molecule has 3 aromatic rings. The molecule has 1 heterocycles. The quantitative estimate of drug-likeness (QED) is 0.347. The third-order valence-electron chi connectivity index (χ3n) is 4.19. The van der Waals surface area contributed by atoms with Gasteiger partial charge in [0.05, 0.1) is 5.25 Å². The Morgan fingerprint density at radius 1 is 1.12 bits per heavy atom. The minimum absolute atomic E-state index is 0.00253. The molecule has 0 saturated carbocycles. The number of hydrogen-bond acceptors (Lipinski definition) is 7. The molecule has 0 saturated heterocycles. The Hall–Kier alpha value is -3.67. The van der Waals surface area contributed by atoms with E-state index in [4.69, 9.17) is 5.84 Å². The molecule has 2 aromatic carbocycles. The summed E-state index contributed by atoms with van der Waals surface area (Å²) >= 11 is 1.01. The van der Waals surface area contributed by atoms with Gasteiger partial charge in [-0.3, -0.25) is 10.1 Å². The molecule has 1 unspecified atom stereocenters. The number of hydrogen-bond donors (Lipinski definition) is 3. The van der Waals surface area contributed by atoms with Crippen molar-refractivity contribution in [3.8, 4) is 17.1 Å². The Balaban J connectivity index is 1.55. The molecular weight excluding hydrogens is 442 g/mol. The maximum Gasteiger partial charge on any atom is 0.387 e. The largest absolute Gasteiger partial charge is 0.435 e. The fourth-order valence-electron chi connectivity index (χ4n) is 2.59. The lowest BCUT2D eigenvalue weighted by atomic mass is 10.2. The monoisotopic (exact) mass is 462 g/mol. The highest BCUT2D eigenvalue weighted by Crippen LogP contribution is 2.26. The smallest absolute Gasteiger partial charge is 0.387 e. The van der Waals surface area contributed by atoms with E-state index in [1.807, 2.05) is 30.3 Å². The van der Waals surface area contributed by atoms with Crippen LogP contribution < -0.4 is 21.2 Å². The van der Waals surface area contributed by atoms with E-state index in [9.17, 15) is 18.4 Å². The van der Waals surface area contributed by atoms with Crippen LogP contribution in [0.2, 0.25) is 0 Å². The first kappa shape index (κ1) is 23.0. The lowest BCUT2D eigenvalue weighted by molar-refractivity contribution is -0.119. The van der Waals surface area contributed by atoms with Gasteiger partial charge in [0.2, 0.25) is 11.1 Å². The number of benzene rings is 2. The minimum Gasteiger partial charge on any atom is -0.435 e. The molecule has 0 aliphatic heterocycles. The third kappa shape index (κ3) is 6.17. The van der Waals surface area contributed by atoms with Gasteiger partial charge in [0.25, 0.3) is 0 Å². The molecule has 0 aliphatic rings. The number of nitrogens with two attached hydrogens (primary N) is 1. The molecule has 0 spiro atoms. The number of urea groups is 1. The van der Waals surface area contributed by atoms with Crippen molar-refractivity contribution < 1.29 is 23.1 Å². The fraction of sp³-hybridized carbons (Fsp3) is 0.200. The zero-order valence-electron chi connectivity index (χ0n) is 16.9. The van der Waals surface area contributed by atoms with E-state index in [1.54, 1.807) is 6.92 Å². The van der Waals surface area contributed by atoms with Gasteiger partial charge >= 0.3 is 12.6 Å². The molecule has 168 valence electrons. The lowest BCUT2D eigenvalue weighted by Crippen LogP contribution is -2.42. The summed E-state index contributed by atoms with van der Waals surface area (Å²) in [6.45, 7) is -1.05. The molecule has 0 fully saturated rings. The molecule has 0 aliphatic carbocycles. The van der Waals surface area contributed by atoms with Crippen molar-refractivity contribution in [3.05, 3.63) is 60.2 Å². The number of nitrogens with zero attached hydrogens (tertiary/aromatic N) is 3. The number of aromatic nitrogens is 3. The lowest BCUT2D eigenvalue weighted by Gasteiger charge is -2.11. The van der Waals surface area contributed by atoms with Gasteiger partial charge in [-0.15, -0.1) is 10.2 Å². The number of thioether (sulfide) groups is 1.